The van der Waals surface area contributed by atoms with Gasteiger partial charge in [0, 0.05) is 11.6 Å². The molecular weight excluding hydrogens is 358 g/mol. The quantitative estimate of drug-likeness (QED) is 0.229. The number of nitro groups is 1. The first kappa shape index (κ1) is 19.5. The molecule has 7 nitrogen and oxygen atoms in total. The number of hydrogen-bond acceptors (Lipinski definition) is 7. The zero-order valence-corrected chi connectivity index (χ0v) is 15.0. The van der Waals surface area contributed by atoms with Gasteiger partial charge in [0.2, 0.25) is 5.78 Å². The topological polar surface area (TPSA) is 95.7 Å². The molecule has 2 aromatic rings. The molecule has 0 amide bonds. The highest BCUT2D eigenvalue weighted by molar-refractivity contribution is 8.00. The molecule has 1 atom stereocenters. The van der Waals surface area contributed by atoms with Crippen LogP contribution in [0.15, 0.2) is 53.4 Å². The first-order valence-corrected chi connectivity index (χ1v) is 8.65. The van der Waals surface area contributed by atoms with E-state index in [0.717, 1.165) is 11.8 Å². The lowest BCUT2D eigenvalue weighted by Crippen LogP contribution is -2.25. The Morgan fingerprint density at radius 1 is 1.15 bits per heavy atom. The van der Waals surface area contributed by atoms with E-state index in [1.807, 2.05) is 0 Å². The van der Waals surface area contributed by atoms with Crippen LogP contribution in [0.1, 0.15) is 17.3 Å². The molecule has 26 heavy (non-hydrogen) atoms. The Labute approximate surface area is 154 Å². The fraction of sp³-hybridized carbons (Fsp3) is 0.222. The summed E-state index contributed by atoms with van der Waals surface area (Å²) in [4.78, 5) is 35.1. The highest BCUT2D eigenvalue weighted by atomic mass is 32.2. The highest BCUT2D eigenvalue weighted by Crippen LogP contribution is 2.28. The van der Waals surface area contributed by atoms with Gasteiger partial charge in [-0.05, 0) is 37.3 Å². The van der Waals surface area contributed by atoms with Crippen molar-refractivity contribution < 1.29 is 24.0 Å². The van der Waals surface area contributed by atoms with Crippen molar-refractivity contribution in [1.29, 1.82) is 0 Å². The molecule has 0 saturated heterocycles. The summed E-state index contributed by atoms with van der Waals surface area (Å²) in [6, 6.07) is 12.6. The smallest absolute Gasteiger partial charge is 0.316 e. The van der Waals surface area contributed by atoms with Crippen LogP contribution in [0.2, 0.25) is 0 Å². The molecule has 0 saturated carbocycles. The van der Waals surface area contributed by atoms with Crippen molar-refractivity contribution in [2.75, 3.05) is 12.9 Å². The zero-order chi connectivity index (χ0) is 19.1. The summed E-state index contributed by atoms with van der Waals surface area (Å²) in [6.07, 6.45) is -0.956. The molecule has 0 aromatic heterocycles. The van der Waals surface area contributed by atoms with Crippen LogP contribution in [0, 0.1) is 10.1 Å². The summed E-state index contributed by atoms with van der Waals surface area (Å²) in [6.45, 7) is 1.49. The largest absolute Gasteiger partial charge is 0.497 e. The maximum absolute atomic E-state index is 12.3. The minimum Gasteiger partial charge on any atom is -0.497 e. The number of thioether (sulfide) groups is 1. The second kappa shape index (κ2) is 9.00. The van der Waals surface area contributed by atoms with Gasteiger partial charge in [-0.15, -0.1) is 11.8 Å². The molecule has 0 fully saturated rings. The summed E-state index contributed by atoms with van der Waals surface area (Å²) in [5.41, 5.74) is 0.324. The molecule has 136 valence electrons. The second-order valence-electron chi connectivity index (χ2n) is 5.24. The van der Waals surface area contributed by atoms with E-state index < -0.39 is 17.0 Å². The molecule has 0 heterocycles. The predicted molar refractivity (Wildman–Crippen MR) is 96.7 cm³/mol. The molecule has 0 unspecified atom stereocenters. The standard InChI is InChI=1S/C18H17NO6S/c1-12(18(21)13-7-9-14(24-2)10-8-13)25-17(20)11-26-16-6-4-3-5-15(16)19(22)23/h3-10,12H,11H2,1-2H3/t12-/m0/s1. The number of carbonyl (C=O) groups excluding carboxylic acids is 2. The van der Waals surface area contributed by atoms with Crippen LogP contribution in [-0.4, -0.2) is 35.6 Å². The summed E-state index contributed by atoms with van der Waals surface area (Å²) < 4.78 is 10.2. The first-order chi connectivity index (χ1) is 12.4. The van der Waals surface area contributed by atoms with Crippen LogP contribution >= 0.6 is 11.8 Å². The van der Waals surface area contributed by atoms with Crippen LogP contribution in [-0.2, 0) is 9.53 Å². The number of hydrogen-bond donors (Lipinski definition) is 0. The van der Waals surface area contributed by atoms with Crippen molar-refractivity contribution in [1.82, 2.24) is 0 Å². The molecule has 2 rings (SSSR count). The van der Waals surface area contributed by atoms with Crippen LogP contribution in [0.4, 0.5) is 5.69 Å². The fourth-order valence-electron chi connectivity index (χ4n) is 2.14. The Kier molecular flexibility index (Phi) is 6.74. The molecule has 0 aliphatic rings. The number of rotatable bonds is 8. The molecular formula is C18H17NO6S. The van der Waals surface area contributed by atoms with E-state index in [2.05, 4.69) is 0 Å². The van der Waals surface area contributed by atoms with Crippen LogP contribution < -0.4 is 4.74 Å². The Balaban J connectivity index is 1.92. The minimum atomic E-state index is -0.956. The Morgan fingerprint density at radius 3 is 2.42 bits per heavy atom. The Morgan fingerprint density at radius 2 is 1.81 bits per heavy atom. The normalized spacial score (nSPS) is 11.5. The van der Waals surface area contributed by atoms with Gasteiger partial charge in [-0.25, -0.2) is 0 Å². The highest BCUT2D eigenvalue weighted by Gasteiger charge is 2.21. The van der Waals surface area contributed by atoms with Crippen LogP contribution in [0.3, 0.4) is 0 Å². The molecule has 0 spiro atoms. The molecule has 0 N–H and O–H groups in total. The summed E-state index contributed by atoms with van der Waals surface area (Å²) in [5.74, 6) is -0.475. The van der Waals surface area contributed by atoms with Crippen molar-refractivity contribution in [2.45, 2.75) is 17.9 Å². The number of ketones is 1. The van der Waals surface area contributed by atoms with Gasteiger partial charge in [0.05, 0.1) is 22.7 Å². The SMILES string of the molecule is COc1ccc(C(=O)[C@H](C)OC(=O)CSc2ccccc2[N+](=O)[O-])cc1. The monoisotopic (exact) mass is 375 g/mol. The fourth-order valence-corrected chi connectivity index (χ4v) is 2.95. The van der Waals surface area contributed by atoms with E-state index in [-0.39, 0.29) is 17.2 Å². The third kappa shape index (κ3) is 5.06. The van der Waals surface area contributed by atoms with Crippen LogP contribution in [0.5, 0.6) is 5.75 Å². The van der Waals surface area contributed by atoms with Crippen molar-refractivity contribution in [3.05, 3.63) is 64.2 Å². The molecule has 0 radical (unpaired) electrons. The van der Waals surface area contributed by atoms with Crippen molar-refractivity contribution >= 4 is 29.2 Å². The van der Waals surface area contributed by atoms with E-state index in [0.29, 0.717) is 16.2 Å². The van der Waals surface area contributed by atoms with Crippen molar-refractivity contribution in [3.8, 4) is 5.75 Å². The number of esters is 1. The van der Waals surface area contributed by atoms with Gasteiger partial charge in [0.1, 0.15) is 5.75 Å². The maximum Gasteiger partial charge on any atom is 0.316 e. The second-order valence-corrected chi connectivity index (χ2v) is 6.26. The third-order valence-corrected chi connectivity index (χ3v) is 4.50. The summed E-state index contributed by atoms with van der Waals surface area (Å²) in [7, 11) is 1.52. The molecule has 2 aromatic carbocycles. The van der Waals surface area contributed by atoms with Gasteiger partial charge in [-0.1, -0.05) is 12.1 Å². The predicted octanol–water partition coefficient (Wildman–Crippen LogP) is 3.51. The van der Waals surface area contributed by atoms with Gasteiger partial charge in [-0.2, -0.15) is 0 Å². The number of methoxy groups -OCH3 is 1. The molecule has 0 aliphatic carbocycles. The van der Waals surface area contributed by atoms with Gasteiger partial charge in [0.25, 0.3) is 5.69 Å². The van der Waals surface area contributed by atoms with E-state index in [1.54, 1.807) is 42.5 Å². The Bertz CT molecular complexity index is 806. The van der Waals surface area contributed by atoms with Crippen LogP contribution in [0.25, 0.3) is 0 Å². The van der Waals surface area contributed by atoms with E-state index in [4.69, 9.17) is 9.47 Å². The van der Waals surface area contributed by atoms with E-state index in [9.17, 15) is 19.7 Å². The number of benzene rings is 2. The number of para-hydroxylation sites is 1. The van der Waals surface area contributed by atoms with Gasteiger partial charge in [-0.3, -0.25) is 19.7 Å². The summed E-state index contributed by atoms with van der Waals surface area (Å²) in [5, 5.41) is 11.0. The average molecular weight is 375 g/mol. The van der Waals surface area contributed by atoms with E-state index >= 15 is 0 Å². The van der Waals surface area contributed by atoms with Gasteiger partial charge >= 0.3 is 5.97 Å². The lowest BCUT2D eigenvalue weighted by molar-refractivity contribution is -0.387. The molecule has 0 aliphatic heterocycles. The summed E-state index contributed by atoms with van der Waals surface area (Å²) >= 11 is 0.994. The maximum atomic E-state index is 12.3. The third-order valence-electron chi connectivity index (χ3n) is 3.46. The lowest BCUT2D eigenvalue weighted by atomic mass is 10.1. The van der Waals surface area contributed by atoms with Crippen molar-refractivity contribution in [2.24, 2.45) is 0 Å². The average Bonchev–Trinajstić information content (AvgIpc) is 2.66. The molecule has 0 bridgehead atoms. The van der Waals surface area contributed by atoms with Gasteiger partial charge in [0.15, 0.2) is 6.10 Å². The number of carbonyl (C=O) groups is 2. The molecule has 8 heteroatoms. The van der Waals surface area contributed by atoms with E-state index in [1.165, 1.54) is 20.1 Å². The number of nitro benzene ring substituents is 1. The minimum absolute atomic E-state index is 0.0762. The van der Waals surface area contributed by atoms with Gasteiger partial charge < -0.3 is 9.47 Å². The first-order valence-electron chi connectivity index (χ1n) is 7.66. The van der Waals surface area contributed by atoms with Crippen molar-refractivity contribution in [3.63, 3.8) is 0 Å². The Hall–Kier alpha value is -2.87. The number of ether oxygens (including phenoxy) is 2. The lowest BCUT2D eigenvalue weighted by Gasteiger charge is -2.12. The number of Topliss-reactive ketones (excluding diaryl/α,β-unsaturated/α-hetero) is 1. The number of nitrogens with zero attached hydrogens (tertiary/aromatic N) is 1. The zero-order valence-electron chi connectivity index (χ0n) is 14.2.